The first-order valence-electron chi connectivity index (χ1n) is 4.35. The maximum atomic E-state index is 10.3. The van der Waals surface area contributed by atoms with Crippen LogP contribution in [0.15, 0.2) is 0 Å². The standard InChI is InChI=1S/C9H16NO/c1-8(2)10-5-3-9(7-11)4-6-10/h8-9H,3-6H2,1-2H3. The molecule has 0 aromatic rings. The average Bonchev–Trinajstić information content (AvgIpc) is 2.05. The Morgan fingerprint density at radius 1 is 1.36 bits per heavy atom. The number of piperidine rings is 1. The van der Waals surface area contributed by atoms with Gasteiger partial charge in [-0.3, -0.25) is 4.79 Å². The molecule has 63 valence electrons. The van der Waals surface area contributed by atoms with Crippen molar-refractivity contribution in [1.82, 2.24) is 4.90 Å². The molecule has 2 heteroatoms. The molecule has 0 unspecified atom stereocenters. The summed E-state index contributed by atoms with van der Waals surface area (Å²) in [7, 11) is 0. The predicted molar refractivity (Wildman–Crippen MR) is 45.1 cm³/mol. The van der Waals surface area contributed by atoms with Gasteiger partial charge in [0.1, 0.15) is 0 Å². The van der Waals surface area contributed by atoms with Crippen molar-refractivity contribution in [2.24, 2.45) is 5.92 Å². The molecule has 0 aromatic carbocycles. The summed E-state index contributed by atoms with van der Waals surface area (Å²) in [5, 5.41) is 0. The minimum atomic E-state index is 0.213. The van der Waals surface area contributed by atoms with Crippen LogP contribution in [0.3, 0.4) is 0 Å². The monoisotopic (exact) mass is 154 g/mol. The van der Waals surface area contributed by atoms with Gasteiger partial charge in [0.2, 0.25) is 6.29 Å². The molecule has 1 aliphatic heterocycles. The van der Waals surface area contributed by atoms with Crippen LogP contribution in [0.1, 0.15) is 26.7 Å². The van der Waals surface area contributed by atoms with Crippen LogP contribution < -0.4 is 0 Å². The molecule has 1 rings (SSSR count). The minimum absolute atomic E-state index is 0.213. The van der Waals surface area contributed by atoms with Crippen molar-refractivity contribution < 1.29 is 4.79 Å². The minimum Gasteiger partial charge on any atom is -0.301 e. The fourth-order valence-electron chi connectivity index (χ4n) is 1.53. The van der Waals surface area contributed by atoms with E-state index in [2.05, 4.69) is 25.0 Å². The lowest BCUT2D eigenvalue weighted by Crippen LogP contribution is -2.38. The van der Waals surface area contributed by atoms with Crippen molar-refractivity contribution >= 4 is 6.29 Å². The first kappa shape index (κ1) is 8.72. The Balaban J connectivity index is 2.29. The van der Waals surface area contributed by atoms with Gasteiger partial charge in [-0.2, -0.15) is 0 Å². The highest BCUT2D eigenvalue weighted by molar-refractivity contribution is 5.54. The van der Waals surface area contributed by atoms with Gasteiger partial charge in [-0.25, -0.2) is 0 Å². The van der Waals surface area contributed by atoms with Crippen molar-refractivity contribution in [3.63, 3.8) is 0 Å². The Bertz CT molecular complexity index is 126. The highest BCUT2D eigenvalue weighted by Crippen LogP contribution is 2.16. The van der Waals surface area contributed by atoms with E-state index in [1.54, 1.807) is 0 Å². The fraction of sp³-hybridized carbons (Fsp3) is 0.889. The quantitative estimate of drug-likeness (QED) is 0.596. The average molecular weight is 154 g/mol. The zero-order valence-corrected chi connectivity index (χ0v) is 7.34. The first-order valence-corrected chi connectivity index (χ1v) is 4.35. The van der Waals surface area contributed by atoms with Gasteiger partial charge in [0.05, 0.1) is 0 Å². The molecule has 11 heavy (non-hydrogen) atoms. The van der Waals surface area contributed by atoms with E-state index in [0.29, 0.717) is 6.04 Å². The highest BCUT2D eigenvalue weighted by Gasteiger charge is 2.20. The Hall–Kier alpha value is -0.370. The van der Waals surface area contributed by atoms with Crippen molar-refractivity contribution in [3.05, 3.63) is 0 Å². The van der Waals surface area contributed by atoms with Gasteiger partial charge in [-0.15, -0.1) is 0 Å². The Kier molecular flexibility index (Phi) is 3.06. The summed E-state index contributed by atoms with van der Waals surface area (Å²) in [6.07, 6.45) is 4.09. The highest BCUT2D eigenvalue weighted by atomic mass is 16.1. The molecule has 0 aromatic heterocycles. The van der Waals surface area contributed by atoms with Crippen molar-refractivity contribution in [3.8, 4) is 0 Å². The Labute approximate surface area is 68.6 Å². The largest absolute Gasteiger partial charge is 0.301 e. The summed E-state index contributed by atoms with van der Waals surface area (Å²) in [6, 6.07) is 0.627. The third-order valence-corrected chi connectivity index (χ3v) is 2.43. The van der Waals surface area contributed by atoms with E-state index in [0.717, 1.165) is 25.9 Å². The lowest BCUT2D eigenvalue weighted by molar-refractivity contribution is 0.168. The summed E-state index contributed by atoms with van der Waals surface area (Å²) in [5.41, 5.74) is 0. The third-order valence-electron chi connectivity index (χ3n) is 2.43. The molecule has 1 heterocycles. The van der Waals surface area contributed by atoms with Gasteiger partial charge in [0, 0.05) is 12.0 Å². The second-order valence-corrected chi connectivity index (χ2v) is 3.52. The topological polar surface area (TPSA) is 20.3 Å². The van der Waals surface area contributed by atoms with Crippen LogP contribution in [0.25, 0.3) is 0 Å². The van der Waals surface area contributed by atoms with E-state index in [1.807, 2.05) is 0 Å². The zero-order chi connectivity index (χ0) is 8.27. The van der Waals surface area contributed by atoms with Crippen LogP contribution in [0.2, 0.25) is 0 Å². The van der Waals surface area contributed by atoms with Gasteiger partial charge in [-0.05, 0) is 39.8 Å². The normalized spacial score (nSPS) is 22.5. The molecule has 2 nitrogen and oxygen atoms in total. The predicted octanol–water partition coefficient (Wildman–Crippen LogP) is 1.22. The van der Waals surface area contributed by atoms with E-state index in [1.165, 1.54) is 0 Å². The van der Waals surface area contributed by atoms with E-state index in [4.69, 9.17) is 0 Å². The fourth-order valence-corrected chi connectivity index (χ4v) is 1.53. The van der Waals surface area contributed by atoms with Crippen molar-refractivity contribution in [2.75, 3.05) is 13.1 Å². The van der Waals surface area contributed by atoms with E-state index in [9.17, 15) is 4.79 Å². The molecule has 0 aliphatic carbocycles. The molecular weight excluding hydrogens is 138 g/mol. The second-order valence-electron chi connectivity index (χ2n) is 3.52. The smallest absolute Gasteiger partial charge is 0.201 e. The number of hydrogen-bond acceptors (Lipinski definition) is 2. The van der Waals surface area contributed by atoms with Crippen molar-refractivity contribution in [1.29, 1.82) is 0 Å². The van der Waals surface area contributed by atoms with Gasteiger partial charge in [0.25, 0.3) is 0 Å². The summed E-state index contributed by atoms with van der Waals surface area (Å²) >= 11 is 0. The maximum absolute atomic E-state index is 10.3. The molecule has 0 N–H and O–H groups in total. The molecule has 0 bridgehead atoms. The zero-order valence-electron chi connectivity index (χ0n) is 7.34. The summed E-state index contributed by atoms with van der Waals surface area (Å²) in [5.74, 6) is 0.213. The number of likely N-dealkylation sites (tertiary alicyclic amines) is 1. The van der Waals surface area contributed by atoms with Gasteiger partial charge in [-0.1, -0.05) is 0 Å². The lowest BCUT2D eigenvalue weighted by Gasteiger charge is -2.32. The SMILES string of the molecule is CC(C)N1CCC([C]=O)CC1. The molecule has 0 amide bonds. The van der Waals surface area contributed by atoms with E-state index >= 15 is 0 Å². The molecule has 1 aliphatic rings. The number of rotatable bonds is 2. The molecule has 0 atom stereocenters. The van der Waals surface area contributed by atoms with Gasteiger partial charge in [0.15, 0.2) is 0 Å². The Morgan fingerprint density at radius 2 is 1.91 bits per heavy atom. The van der Waals surface area contributed by atoms with Gasteiger partial charge < -0.3 is 4.90 Å². The molecule has 1 radical (unpaired) electrons. The molecule has 1 saturated heterocycles. The summed E-state index contributed by atoms with van der Waals surface area (Å²) < 4.78 is 0. The first-order chi connectivity index (χ1) is 5.24. The van der Waals surface area contributed by atoms with Crippen LogP contribution in [0, 0.1) is 5.92 Å². The van der Waals surface area contributed by atoms with Crippen molar-refractivity contribution in [2.45, 2.75) is 32.7 Å². The summed E-state index contributed by atoms with van der Waals surface area (Å²) in [4.78, 5) is 12.7. The molecule has 0 spiro atoms. The van der Waals surface area contributed by atoms with Crippen LogP contribution >= 0.6 is 0 Å². The maximum Gasteiger partial charge on any atom is 0.201 e. The number of hydrogen-bond donors (Lipinski definition) is 0. The lowest BCUT2D eigenvalue weighted by atomic mass is 9.98. The Morgan fingerprint density at radius 3 is 2.27 bits per heavy atom. The van der Waals surface area contributed by atoms with Gasteiger partial charge >= 0.3 is 0 Å². The van der Waals surface area contributed by atoms with E-state index < -0.39 is 0 Å². The number of carbonyl (C=O) groups excluding carboxylic acids is 1. The van der Waals surface area contributed by atoms with Crippen LogP contribution in [-0.2, 0) is 4.79 Å². The molecule has 0 saturated carbocycles. The van der Waals surface area contributed by atoms with Crippen LogP contribution in [0.4, 0.5) is 0 Å². The second kappa shape index (κ2) is 3.86. The number of nitrogens with zero attached hydrogens (tertiary/aromatic N) is 1. The van der Waals surface area contributed by atoms with E-state index in [-0.39, 0.29) is 5.92 Å². The third kappa shape index (κ3) is 2.29. The summed E-state index contributed by atoms with van der Waals surface area (Å²) in [6.45, 7) is 6.53. The molecular formula is C9H16NO. The molecule has 1 fully saturated rings. The van der Waals surface area contributed by atoms with Crippen LogP contribution in [-0.4, -0.2) is 30.3 Å². The van der Waals surface area contributed by atoms with Crippen LogP contribution in [0.5, 0.6) is 0 Å².